The third-order valence-electron chi connectivity index (χ3n) is 6.55. The van der Waals surface area contributed by atoms with E-state index in [0.29, 0.717) is 0 Å². The zero-order valence-corrected chi connectivity index (χ0v) is 21.8. The molecule has 0 aliphatic carbocycles. The number of hydrogen-bond donors (Lipinski definition) is 0. The Labute approximate surface area is 207 Å². The molecule has 0 nitrogen and oxygen atoms in total. The Bertz CT molecular complexity index is 1070. The maximum Gasteiger partial charge on any atom is -0.0146 e. The zero-order chi connectivity index (χ0) is 24.5. The smallest absolute Gasteiger partial charge is 0.0146 e. The molecule has 0 N–H and O–H groups in total. The van der Waals surface area contributed by atoms with Crippen molar-refractivity contribution in [2.75, 3.05) is 0 Å². The minimum Gasteiger partial charge on any atom is -0.0651 e. The van der Waals surface area contributed by atoms with Crippen molar-refractivity contribution in [3.63, 3.8) is 0 Å². The first-order valence-corrected chi connectivity index (χ1v) is 12.7. The molecule has 4 aromatic rings. The van der Waals surface area contributed by atoms with Crippen LogP contribution in [0.5, 0.6) is 0 Å². The first kappa shape index (κ1) is 25.5. The topological polar surface area (TPSA) is 0 Å². The van der Waals surface area contributed by atoms with Crippen LogP contribution in [0.15, 0.2) is 97.1 Å². The van der Waals surface area contributed by atoms with Crippen LogP contribution in [0.25, 0.3) is 33.4 Å². The molecule has 4 rings (SSSR count). The molecule has 176 valence electrons. The Hall–Kier alpha value is -3.12. The lowest BCUT2D eigenvalue weighted by Gasteiger charge is -2.14. The van der Waals surface area contributed by atoms with Crippen LogP contribution in [0.2, 0.25) is 0 Å². The van der Waals surface area contributed by atoms with Crippen LogP contribution in [0, 0.1) is 25.7 Å². The van der Waals surface area contributed by atoms with E-state index >= 15 is 0 Å². The lowest BCUT2D eigenvalue weighted by atomic mass is 9.90. The predicted octanol–water partition coefficient (Wildman–Crippen LogP) is 10.4. The van der Waals surface area contributed by atoms with Crippen LogP contribution in [0.1, 0.15) is 51.7 Å². The van der Waals surface area contributed by atoms with E-state index in [-0.39, 0.29) is 0 Å². The predicted molar refractivity (Wildman–Crippen MR) is 151 cm³/mol. The molecule has 0 amide bonds. The van der Waals surface area contributed by atoms with Gasteiger partial charge in [0.1, 0.15) is 0 Å². The number of hydrogen-bond acceptors (Lipinski definition) is 0. The molecular formula is C34H40. The molecule has 0 bridgehead atoms. The van der Waals surface area contributed by atoms with Crippen molar-refractivity contribution < 1.29 is 0 Å². The highest BCUT2D eigenvalue weighted by Crippen LogP contribution is 2.34. The molecule has 0 saturated carbocycles. The van der Waals surface area contributed by atoms with Crippen LogP contribution < -0.4 is 0 Å². The largest absolute Gasteiger partial charge is 0.0651 e. The van der Waals surface area contributed by atoms with E-state index in [1.54, 1.807) is 0 Å². The van der Waals surface area contributed by atoms with Gasteiger partial charge in [-0.3, -0.25) is 0 Å². The second kappa shape index (κ2) is 12.4. The third-order valence-corrected chi connectivity index (χ3v) is 6.55. The van der Waals surface area contributed by atoms with Gasteiger partial charge in [0.2, 0.25) is 0 Å². The van der Waals surface area contributed by atoms with Gasteiger partial charge in [0.25, 0.3) is 0 Å². The summed E-state index contributed by atoms with van der Waals surface area (Å²) in [5, 5.41) is 0. The van der Waals surface area contributed by atoms with Crippen LogP contribution in [-0.2, 0) is 0 Å². The van der Waals surface area contributed by atoms with Crippen LogP contribution in [0.4, 0.5) is 0 Å². The molecular weight excluding hydrogens is 408 g/mol. The first-order valence-electron chi connectivity index (χ1n) is 12.7. The highest BCUT2D eigenvalue weighted by Gasteiger charge is 2.09. The van der Waals surface area contributed by atoms with Gasteiger partial charge >= 0.3 is 0 Å². The van der Waals surface area contributed by atoms with Gasteiger partial charge in [-0.25, -0.2) is 0 Å². The fraction of sp³-hybridized carbons (Fsp3) is 0.294. The van der Waals surface area contributed by atoms with Crippen molar-refractivity contribution in [2.24, 2.45) is 11.8 Å². The van der Waals surface area contributed by atoms with Crippen molar-refractivity contribution in [3.8, 4) is 33.4 Å². The number of aryl methyl sites for hydroxylation is 2. The quantitative estimate of drug-likeness (QED) is 0.275. The summed E-state index contributed by atoms with van der Waals surface area (Å²) in [5.74, 6) is 1.81. The summed E-state index contributed by atoms with van der Waals surface area (Å²) in [6.07, 6.45) is 2.72. The Morgan fingerprint density at radius 3 is 1.26 bits per heavy atom. The van der Waals surface area contributed by atoms with Crippen LogP contribution in [0.3, 0.4) is 0 Å². The SMILES string of the molecule is CCC(C)CC(C)C.Cc1ccc(-c2ccccc2)cc1-c1cc(-c2ccccc2)ccc1C. The molecule has 0 fully saturated rings. The Morgan fingerprint density at radius 2 is 0.941 bits per heavy atom. The Balaban J connectivity index is 0.000000350. The van der Waals surface area contributed by atoms with E-state index in [0.717, 1.165) is 11.8 Å². The molecule has 1 atom stereocenters. The molecule has 0 radical (unpaired) electrons. The summed E-state index contributed by atoms with van der Waals surface area (Å²) in [4.78, 5) is 0. The molecule has 0 aromatic heterocycles. The number of rotatable bonds is 6. The van der Waals surface area contributed by atoms with Gasteiger partial charge < -0.3 is 0 Å². The summed E-state index contributed by atoms with van der Waals surface area (Å²) >= 11 is 0. The van der Waals surface area contributed by atoms with Gasteiger partial charge in [-0.2, -0.15) is 0 Å². The van der Waals surface area contributed by atoms with Gasteiger partial charge in [-0.15, -0.1) is 0 Å². The summed E-state index contributed by atoms with van der Waals surface area (Å²) in [6, 6.07) is 34.7. The summed E-state index contributed by atoms with van der Waals surface area (Å²) in [7, 11) is 0. The lowest BCUT2D eigenvalue weighted by molar-refractivity contribution is 0.429. The van der Waals surface area contributed by atoms with Crippen LogP contribution in [-0.4, -0.2) is 0 Å². The van der Waals surface area contributed by atoms with Gasteiger partial charge in [-0.1, -0.05) is 119 Å². The minimum atomic E-state index is 0.880. The average molecular weight is 449 g/mol. The molecule has 1 unspecified atom stereocenters. The standard InChI is InChI=1S/C26H22.C8H18/c1-19-13-15-23(21-9-5-3-6-10-21)17-25(19)26-18-24(16-14-20(26)2)22-11-7-4-8-12-22;1-5-8(4)6-7(2)3/h3-18H,1-2H3;7-8H,5-6H2,1-4H3. The molecule has 0 heteroatoms. The monoisotopic (exact) mass is 448 g/mol. The van der Waals surface area contributed by atoms with Gasteiger partial charge in [-0.05, 0) is 88.7 Å². The van der Waals surface area contributed by atoms with Crippen molar-refractivity contribution in [2.45, 2.75) is 54.4 Å². The average Bonchev–Trinajstić information content (AvgIpc) is 2.86. The number of benzene rings is 4. The third kappa shape index (κ3) is 6.94. The summed E-state index contributed by atoms with van der Waals surface area (Å²) in [5.41, 5.74) is 10.3. The Morgan fingerprint density at radius 1 is 0.529 bits per heavy atom. The molecule has 0 saturated heterocycles. The molecule has 0 heterocycles. The molecule has 0 spiro atoms. The summed E-state index contributed by atoms with van der Waals surface area (Å²) in [6.45, 7) is 13.5. The highest BCUT2D eigenvalue weighted by atomic mass is 14.1. The highest BCUT2D eigenvalue weighted by molar-refractivity contribution is 5.80. The maximum absolute atomic E-state index is 2.32. The summed E-state index contributed by atoms with van der Waals surface area (Å²) < 4.78 is 0. The minimum absolute atomic E-state index is 0.880. The normalized spacial score (nSPS) is 11.6. The van der Waals surface area contributed by atoms with Crippen molar-refractivity contribution in [1.82, 2.24) is 0 Å². The fourth-order valence-electron chi connectivity index (χ4n) is 4.42. The van der Waals surface area contributed by atoms with E-state index in [2.05, 4.69) is 139 Å². The van der Waals surface area contributed by atoms with E-state index < -0.39 is 0 Å². The van der Waals surface area contributed by atoms with Crippen molar-refractivity contribution in [1.29, 1.82) is 0 Å². The van der Waals surface area contributed by atoms with E-state index in [1.807, 2.05) is 0 Å². The maximum atomic E-state index is 2.32. The van der Waals surface area contributed by atoms with Crippen LogP contribution >= 0.6 is 0 Å². The van der Waals surface area contributed by atoms with E-state index in [1.165, 1.54) is 57.3 Å². The van der Waals surface area contributed by atoms with Gasteiger partial charge in [0.05, 0.1) is 0 Å². The second-order valence-corrected chi connectivity index (χ2v) is 9.93. The van der Waals surface area contributed by atoms with Gasteiger partial charge in [0, 0.05) is 0 Å². The van der Waals surface area contributed by atoms with E-state index in [4.69, 9.17) is 0 Å². The van der Waals surface area contributed by atoms with Crippen molar-refractivity contribution >= 4 is 0 Å². The zero-order valence-electron chi connectivity index (χ0n) is 21.8. The molecule has 0 aliphatic rings. The van der Waals surface area contributed by atoms with E-state index in [9.17, 15) is 0 Å². The fourth-order valence-corrected chi connectivity index (χ4v) is 4.42. The Kier molecular flexibility index (Phi) is 9.28. The molecule has 0 aliphatic heterocycles. The van der Waals surface area contributed by atoms with Crippen molar-refractivity contribution in [3.05, 3.63) is 108 Å². The molecule has 34 heavy (non-hydrogen) atoms. The lowest BCUT2D eigenvalue weighted by Crippen LogP contribution is -1.97. The first-order chi connectivity index (χ1) is 16.4. The van der Waals surface area contributed by atoms with Gasteiger partial charge in [0.15, 0.2) is 0 Å². The molecule has 4 aromatic carbocycles. The second-order valence-electron chi connectivity index (χ2n) is 9.93.